The van der Waals surface area contributed by atoms with Gasteiger partial charge in [-0.2, -0.15) is 0 Å². The molecule has 0 saturated heterocycles. The molecule has 2 atom stereocenters. The van der Waals surface area contributed by atoms with Crippen molar-refractivity contribution in [1.29, 1.82) is 0 Å². The first-order valence-corrected chi connectivity index (χ1v) is 9.66. The minimum Gasteiger partial charge on any atom is -0.206 e. The third-order valence-corrected chi connectivity index (χ3v) is 6.58. The summed E-state index contributed by atoms with van der Waals surface area (Å²) in [5, 5.41) is 0. The Balaban J connectivity index is 1.64. The van der Waals surface area contributed by atoms with Crippen LogP contribution in [0.5, 0.6) is 0 Å². The van der Waals surface area contributed by atoms with E-state index < -0.39 is 17.8 Å². The Morgan fingerprint density at radius 2 is 1.75 bits per heavy atom. The second kappa shape index (κ2) is 7.93. The molecule has 0 radical (unpaired) electrons. The van der Waals surface area contributed by atoms with Gasteiger partial charge in [-0.3, -0.25) is 0 Å². The smallest absolute Gasteiger partial charge is 0.206 e. The van der Waals surface area contributed by atoms with Gasteiger partial charge in [-0.05, 0) is 61.0 Å². The number of hydrogen-bond acceptors (Lipinski definition) is 0. The van der Waals surface area contributed by atoms with Gasteiger partial charge >= 0.3 is 0 Å². The van der Waals surface area contributed by atoms with Crippen LogP contribution in [-0.2, 0) is 0 Å². The van der Waals surface area contributed by atoms with Gasteiger partial charge in [0.1, 0.15) is 5.82 Å². The zero-order chi connectivity index (χ0) is 17.1. The van der Waals surface area contributed by atoms with Gasteiger partial charge in [0.25, 0.3) is 6.43 Å². The molecule has 2 saturated carbocycles. The molecule has 0 aromatic heterocycles. The molecule has 0 heterocycles. The number of halogens is 3. The van der Waals surface area contributed by atoms with E-state index in [0.29, 0.717) is 5.92 Å². The molecule has 2 aliphatic rings. The Morgan fingerprint density at radius 3 is 2.38 bits per heavy atom. The lowest BCUT2D eigenvalue weighted by Gasteiger charge is -2.38. The molecule has 1 aromatic rings. The number of rotatable bonds is 4. The second-order valence-electron chi connectivity index (χ2n) is 7.89. The van der Waals surface area contributed by atoms with Crippen LogP contribution in [0, 0.1) is 23.6 Å². The zero-order valence-electron chi connectivity index (χ0n) is 14.6. The molecule has 2 fully saturated rings. The van der Waals surface area contributed by atoms with Gasteiger partial charge in [-0.1, -0.05) is 51.2 Å². The summed E-state index contributed by atoms with van der Waals surface area (Å²) in [6.07, 6.45) is 8.62. The molecule has 0 amide bonds. The lowest BCUT2D eigenvalue weighted by molar-refractivity contribution is 0.146. The normalized spacial score (nSPS) is 31.4. The van der Waals surface area contributed by atoms with E-state index >= 15 is 0 Å². The van der Waals surface area contributed by atoms with Crippen molar-refractivity contribution < 1.29 is 13.2 Å². The second-order valence-corrected chi connectivity index (χ2v) is 7.89. The van der Waals surface area contributed by atoms with Crippen molar-refractivity contribution in [2.24, 2.45) is 17.8 Å². The Labute approximate surface area is 143 Å². The highest BCUT2D eigenvalue weighted by atomic mass is 19.3. The summed E-state index contributed by atoms with van der Waals surface area (Å²) >= 11 is 0. The van der Waals surface area contributed by atoms with Crippen LogP contribution >= 0.6 is 0 Å². The first-order valence-electron chi connectivity index (χ1n) is 9.66. The molecular weight excluding hydrogens is 309 g/mol. The van der Waals surface area contributed by atoms with Crippen LogP contribution in [0.4, 0.5) is 13.2 Å². The summed E-state index contributed by atoms with van der Waals surface area (Å²) in [7, 11) is 0. The Hall–Kier alpha value is -0.990. The zero-order valence-corrected chi connectivity index (χ0v) is 14.6. The molecule has 0 nitrogen and oxygen atoms in total. The lowest BCUT2D eigenvalue weighted by atomic mass is 9.67. The summed E-state index contributed by atoms with van der Waals surface area (Å²) in [5.41, 5.74) is 0.452. The number of hydrogen-bond donors (Lipinski definition) is 0. The third-order valence-electron chi connectivity index (χ3n) is 6.58. The fraction of sp³-hybridized carbons (Fsp3) is 0.714. The fourth-order valence-corrected chi connectivity index (χ4v) is 5.00. The molecule has 3 rings (SSSR count). The summed E-state index contributed by atoms with van der Waals surface area (Å²) < 4.78 is 39.4. The summed E-state index contributed by atoms with van der Waals surface area (Å²) in [6, 6.07) is 4.37. The van der Waals surface area contributed by atoms with Crippen LogP contribution in [0.15, 0.2) is 18.2 Å². The Kier molecular flexibility index (Phi) is 5.89. The van der Waals surface area contributed by atoms with Gasteiger partial charge < -0.3 is 0 Å². The molecule has 1 aromatic carbocycles. The van der Waals surface area contributed by atoms with E-state index in [2.05, 4.69) is 6.92 Å². The highest BCUT2D eigenvalue weighted by molar-refractivity contribution is 5.28. The minimum atomic E-state index is -2.73. The third kappa shape index (κ3) is 3.97. The van der Waals surface area contributed by atoms with Crippen molar-refractivity contribution >= 4 is 0 Å². The topological polar surface area (TPSA) is 0 Å². The van der Waals surface area contributed by atoms with Crippen molar-refractivity contribution in [3.8, 4) is 0 Å². The predicted molar refractivity (Wildman–Crippen MR) is 91.8 cm³/mol. The first kappa shape index (κ1) is 17.8. The van der Waals surface area contributed by atoms with Crippen molar-refractivity contribution in [3.63, 3.8) is 0 Å². The number of benzene rings is 1. The summed E-state index contributed by atoms with van der Waals surface area (Å²) in [6.45, 7) is 2.29. The average molecular weight is 338 g/mol. The molecule has 3 heteroatoms. The summed E-state index contributed by atoms with van der Waals surface area (Å²) in [5.74, 6) is 2.07. The molecule has 24 heavy (non-hydrogen) atoms. The maximum atomic E-state index is 13.9. The van der Waals surface area contributed by atoms with Gasteiger partial charge in [-0.15, -0.1) is 0 Å². The predicted octanol–water partition coefficient (Wildman–Crippen LogP) is 7.25. The quantitative estimate of drug-likeness (QED) is 0.542. The molecule has 0 spiro atoms. The van der Waals surface area contributed by atoms with Crippen molar-refractivity contribution in [2.45, 2.75) is 77.1 Å². The maximum Gasteiger partial charge on any atom is 0.266 e. The SMILES string of the molecule is CCC1CCC([C@@H]2CCCC(c3ccc(C(F)F)c(F)c3)C2)CC1. The van der Waals surface area contributed by atoms with Crippen molar-refractivity contribution in [2.75, 3.05) is 0 Å². The van der Waals surface area contributed by atoms with E-state index in [4.69, 9.17) is 0 Å². The lowest BCUT2D eigenvalue weighted by Crippen LogP contribution is -2.26. The molecule has 2 aliphatic carbocycles. The van der Waals surface area contributed by atoms with E-state index in [1.807, 2.05) is 0 Å². The van der Waals surface area contributed by atoms with Crippen LogP contribution in [0.1, 0.15) is 88.2 Å². The van der Waals surface area contributed by atoms with Crippen LogP contribution in [-0.4, -0.2) is 0 Å². The number of alkyl halides is 2. The monoisotopic (exact) mass is 338 g/mol. The molecule has 1 unspecified atom stereocenters. The van der Waals surface area contributed by atoms with Crippen molar-refractivity contribution in [3.05, 3.63) is 35.1 Å². The van der Waals surface area contributed by atoms with Crippen LogP contribution in [0.3, 0.4) is 0 Å². The summed E-state index contributed by atoms with van der Waals surface area (Å²) in [4.78, 5) is 0. The van der Waals surface area contributed by atoms with Crippen LogP contribution in [0.2, 0.25) is 0 Å². The van der Waals surface area contributed by atoms with E-state index in [-0.39, 0.29) is 0 Å². The molecule has 134 valence electrons. The fourth-order valence-electron chi connectivity index (χ4n) is 5.00. The van der Waals surface area contributed by atoms with E-state index in [1.54, 1.807) is 6.07 Å². The average Bonchev–Trinajstić information content (AvgIpc) is 2.61. The van der Waals surface area contributed by atoms with E-state index in [9.17, 15) is 13.2 Å². The van der Waals surface area contributed by atoms with Gasteiger partial charge in [0.2, 0.25) is 0 Å². The highest BCUT2D eigenvalue weighted by Gasteiger charge is 2.32. The Morgan fingerprint density at radius 1 is 1.00 bits per heavy atom. The van der Waals surface area contributed by atoms with Gasteiger partial charge in [-0.25, -0.2) is 13.2 Å². The van der Waals surface area contributed by atoms with Gasteiger partial charge in [0.05, 0.1) is 5.56 Å². The van der Waals surface area contributed by atoms with E-state index in [0.717, 1.165) is 36.2 Å². The van der Waals surface area contributed by atoms with Gasteiger partial charge in [0, 0.05) is 0 Å². The van der Waals surface area contributed by atoms with Crippen LogP contribution in [0.25, 0.3) is 0 Å². The molecule has 0 bridgehead atoms. The van der Waals surface area contributed by atoms with Crippen LogP contribution < -0.4 is 0 Å². The maximum absolute atomic E-state index is 13.9. The molecular formula is C21H29F3. The standard InChI is InChI=1S/C21H29F3/c1-2-14-6-8-15(9-7-14)16-4-3-5-17(12-16)18-10-11-19(21(23)24)20(22)13-18/h10-11,13-17,21H,2-9,12H2,1H3/t14?,15?,16-,17?/m1/s1. The minimum absolute atomic E-state index is 0.342. The van der Waals surface area contributed by atoms with E-state index in [1.165, 1.54) is 57.1 Å². The molecule has 0 aliphatic heterocycles. The van der Waals surface area contributed by atoms with Crippen molar-refractivity contribution in [1.82, 2.24) is 0 Å². The van der Waals surface area contributed by atoms with Gasteiger partial charge in [0.15, 0.2) is 0 Å². The highest BCUT2D eigenvalue weighted by Crippen LogP contribution is 2.45. The Bertz CT molecular complexity index is 532. The molecule has 0 N–H and O–H groups in total. The largest absolute Gasteiger partial charge is 0.266 e. The first-order chi connectivity index (χ1) is 11.6.